The van der Waals surface area contributed by atoms with Gasteiger partial charge in [0.2, 0.25) is 5.91 Å². The number of carbonyl (C=O) groups excluding carboxylic acids is 2. The second-order valence-electron chi connectivity index (χ2n) is 5.22. The van der Waals surface area contributed by atoms with E-state index < -0.39 is 0 Å². The molecule has 0 radical (unpaired) electrons. The van der Waals surface area contributed by atoms with E-state index >= 15 is 0 Å². The molecule has 1 unspecified atom stereocenters. The Hall–Kier alpha value is -2.82. The van der Waals surface area contributed by atoms with Gasteiger partial charge in [-0.3, -0.25) is 9.59 Å². The summed E-state index contributed by atoms with van der Waals surface area (Å²) in [6, 6.07) is 15.8. The normalized spacial score (nSPS) is 11.4. The van der Waals surface area contributed by atoms with Crippen LogP contribution in [0.1, 0.15) is 23.7 Å². The van der Waals surface area contributed by atoms with Gasteiger partial charge in [0, 0.05) is 29.8 Å². The Morgan fingerprint density at radius 2 is 1.83 bits per heavy atom. The highest BCUT2D eigenvalue weighted by atomic mass is 16.5. The first kappa shape index (κ1) is 16.5. The van der Waals surface area contributed by atoms with Gasteiger partial charge in [-0.15, -0.1) is 0 Å². The Kier molecular flexibility index (Phi) is 5.74. The molecule has 0 spiro atoms. The number of benzene rings is 2. The van der Waals surface area contributed by atoms with Gasteiger partial charge in [0.25, 0.3) is 5.91 Å². The van der Waals surface area contributed by atoms with Gasteiger partial charge in [0.05, 0.1) is 7.11 Å². The molecule has 2 N–H and O–H groups in total. The molecule has 5 nitrogen and oxygen atoms in total. The summed E-state index contributed by atoms with van der Waals surface area (Å²) in [6.45, 7) is 1.80. The van der Waals surface area contributed by atoms with E-state index in [-0.39, 0.29) is 24.3 Å². The summed E-state index contributed by atoms with van der Waals surface area (Å²) in [4.78, 5) is 24.1. The van der Waals surface area contributed by atoms with Gasteiger partial charge < -0.3 is 15.4 Å². The maximum atomic E-state index is 12.0. The van der Waals surface area contributed by atoms with Gasteiger partial charge in [-0.25, -0.2) is 0 Å². The average molecular weight is 312 g/mol. The Morgan fingerprint density at radius 1 is 1.09 bits per heavy atom. The SMILES string of the molecule is COc1cccc(NC(=O)CC(C)NC(=O)c2ccccc2)c1. The first-order valence-corrected chi connectivity index (χ1v) is 7.38. The van der Waals surface area contributed by atoms with Crippen molar-refractivity contribution in [1.82, 2.24) is 5.32 Å². The van der Waals surface area contributed by atoms with Crippen LogP contribution in [0.2, 0.25) is 0 Å². The van der Waals surface area contributed by atoms with Crippen molar-refractivity contribution in [3.05, 3.63) is 60.2 Å². The zero-order chi connectivity index (χ0) is 16.7. The van der Waals surface area contributed by atoms with Gasteiger partial charge in [-0.05, 0) is 31.2 Å². The van der Waals surface area contributed by atoms with Crippen LogP contribution >= 0.6 is 0 Å². The van der Waals surface area contributed by atoms with Gasteiger partial charge >= 0.3 is 0 Å². The predicted octanol–water partition coefficient (Wildman–Crippen LogP) is 2.84. The van der Waals surface area contributed by atoms with Crippen molar-refractivity contribution >= 4 is 17.5 Å². The van der Waals surface area contributed by atoms with E-state index in [1.54, 1.807) is 62.6 Å². The van der Waals surface area contributed by atoms with E-state index in [2.05, 4.69) is 10.6 Å². The Labute approximate surface area is 135 Å². The molecule has 0 saturated heterocycles. The summed E-state index contributed by atoms with van der Waals surface area (Å²) < 4.78 is 5.11. The smallest absolute Gasteiger partial charge is 0.251 e. The Morgan fingerprint density at radius 3 is 2.52 bits per heavy atom. The van der Waals surface area contributed by atoms with E-state index in [4.69, 9.17) is 4.74 Å². The Bertz CT molecular complexity index is 671. The minimum Gasteiger partial charge on any atom is -0.497 e. The molecule has 120 valence electrons. The van der Waals surface area contributed by atoms with Crippen molar-refractivity contribution in [3.8, 4) is 5.75 Å². The average Bonchev–Trinajstić information content (AvgIpc) is 2.55. The van der Waals surface area contributed by atoms with Crippen LogP contribution in [-0.2, 0) is 4.79 Å². The van der Waals surface area contributed by atoms with E-state index in [1.807, 2.05) is 6.07 Å². The lowest BCUT2D eigenvalue weighted by molar-refractivity contribution is -0.116. The fourth-order valence-corrected chi connectivity index (χ4v) is 2.14. The van der Waals surface area contributed by atoms with Crippen LogP contribution < -0.4 is 15.4 Å². The quantitative estimate of drug-likeness (QED) is 0.862. The van der Waals surface area contributed by atoms with Crippen molar-refractivity contribution in [2.75, 3.05) is 12.4 Å². The third-order valence-corrected chi connectivity index (χ3v) is 3.26. The molecule has 0 saturated carbocycles. The molecular formula is C18H20N2O3. The van der Waals surface area contributed by atoms with Crippen LogP contribution in [0.15, 0.2) is 54.6 Å². The number of hydrogen-bond donors (Lipinski definition) is 2. The number of methoxy groups -OCH3 is 1. The fourth-order valence-electron chi connectivity index (χ4n) is 2.14. The topological polar surface area (TPSA) is 67.4 Å². The standard InChI is InChI=1S/C18H20N2O3/c1-13(19-18(22)14-7-4-3-5-8-14)11-17(21)20-15-9-6-10-16(12-15)23-2/h3-10,12-13H,11H2,1-2H3,(H,19,22)(H,20,21). The maximum Gasteiger partial charge on any atom is 0.251 e. The van der Waals surface area contributed by atoms with Crippen LogP contribution in [-0.4, -0.2) is 25.0 Å². The summed E-state index contributed by atoms with van der Waals surface area (Å²) in [7, 11) is 1.57. The van der Waals surface area contributed by atoms with Gasteiger partial charge in [0.1, 0.15) is 5.75 Å². The molecule has 0 aliphatic rings. The van der Waals surface area contributed by atoms with Crippen LogP contribution in [0.4, 0.5) is 5.69 Å². The molecule has 0 aliphatic carbocycles. The molecule has 0 heterocycles. The molecule has 5 heteroatoms. The first-order valence-electron chi connectivity index (χ1n) is 7.38. The highest BCUT2D eigenvalue weighted by Crippen LogP contribution is 2.16. The summed E-state index contributed by atoms with van der Waals surface area (Å²) in [5.74, 6) is 0.319. The molecule has 23 heavy (non-hydrogen) atoms. The molecule has 0 bridgehead atoms. The third kappa shape index (κ3) is 5.14. The van der Waals surface area contributed by atoms with Crippen LogP contribution in [0.25, 0.3) is 0 Å². The number of nitrogens with one attached hydrogen (secondary N) is 2. The molecule has 2 aromatic carbocycles. The highest BCUT2D eigenvalue weighted by molar-refractivity contribution is 5.95. The summed E-state index contributed by atoms with van der Waals surface area (Å²) in [5.41, 5.74) is 1.24. The van der Waals surface area contributed by atoms with Crippen LogP contribution in [0.5, 0.6) is 5.75 Å². The molecule has 2 rings (SSSR count). The minimum atomic E-state index is -0.270. The number of amides is 2. The molecule has 0 aromatic heterocycles. The molecule has 1 atom stereocenters. The summed E-state index contributed by atoms with van der Waals surface area (Å²) >= 11 is 0. The van der Waals surface area contributed by atoms with Crippen LogP contribution in [0.3, 0.4) is 0 Å². The van der Waals surface area contributed by atoms with Gasteiger partial charge in [0.15, 0.2) is 0 Å². The second kappa shape index (κ2) is 7.98. The zero-order valence-electron chi connectivity index (χ0n) is 13.2. The van der Waals surface area contributed by atoms with E-state index in [9.17, 15) is 9.59 Å². The predicted molar refractivity (Wildman–Crippen MR) is 89.6 cm³/mol. The number of hydrogen-bond acceptors (Lipinski definition) is 3. The van der Waals surface area contributed by atoms with Crippen molar-refractivity contribution < 1.29 is 14.3 Å². The largest absolute Gasteiger partial charge is 0.497 e. The number of carbonyl (C=O) groups is 2. The van der Waals surface area contributed by atoms with E-state index in [0.717, 1.165) is 0 Å². The zero-order valence-corrected chi connectivity index (χ0v) is 13.2. The monoisotopic (exact) mass is 312 g/mol. The second-order valence-corrected chi connectivity index (χ2v) is 5.22. The fraction of sp³-hybridized carbons (Fsp3) is 0.222. The van der Waals surface area contributed by atoms with E-state index in [1.165, 1.54) is 0 Å². The lowest BCUT2D eigenvalue weighted by Crippen LogP contribution is -2.35. The number of rotatable bonds is 6. The van der Waals surface area contributed by atoms with Crippen molar-refractivity contribution in [1.29, 1.82) is 0 Å². The van der Waals surface area contributed by atoms with Crippen molar-refractivity contribution in [2.45, 2.75) is 19.4 Å². The number of ether oxygens (including phenoxy) is 1. The third-order valence-electron chi connectivity index (χ3n) is 3.26. The minimum absolute atomic E-state index is 0.167. The van der Waals surface area contributed by atoms with Crippen molar-refractivity contribution in [2.24, 2.45) is 0 Å². The molecule has 2 aromatic rings. The number of anilines is 1. The molecular weight excluding hydrogens is 292 g/mol. The molecule has 2 amide bonds. The van der Waals surface area contributed by atoms with Gasteiger partial charge in [-0.2, -0.15) is 0 Å². The lowest BCUT2D eigenvalue weighted by atomic mass is 10.1. The Balaban J connectivity index is 1.86. The molecule has 0 aliphatic heterocycles. The highest BCUT2D eigenvalue weighted by Gasteiger charge is 2.13. The summed E-state index contributed by atoms with van der Waals surface area (Å²) in [5, 5.41) is 5.60. The molecule has 0 fully saturated rings. The lowest BCUT2D eigenvalue weighted by Gasteiger charge is -2.14. The van der Waals surface area contributed by atoms with Crippen molar-refractivity contribution in [3.63, 3.8) is 0 Å². The maximum absolute atomic E-state index is 12.0. The summed E-state index contributed by atoms with van der Waals surface area (Å²) in [6.07, 6.45) is 0.190. The van der Waals surface area contributed by atoms with Gasteiger partial charge in [-0.1, -0.05) is 24.3 Å². The van der Waals surface area contributed by atoms with Crippen LogP contribution in [0, 0.1) is 0 Å². The first-order chi connectivity index (χ1) is 11.1. The van der Waals surface area contributed by atoms with E-state index in [0.29, 0.717) is 17.0 Å².